The van der Waals surface area contributed by atoms with Gasteiger partial charge >= 0.3 is 0 Å². The lowest BCUT2D eigenvalue weighted by Gasteiger charge is -2.43. The van der Waals surface area contributed by atoms with Crippen LogP contribution in [-0.2, 0) is 11.2 Å². The van der Waals surface area contributed by atoms with Crippen LogP contribution in [0, 0.1) is 28.4 Å². The van der Waals surface area contributed by atoms with Gasteiger partial charge < -0.3 is 20.3 Å². The second-order valence-electron chi connectivity index (χ2n) is 14.3. The molecule has 0 aliphatic rings. The van der Waals surface area contributed by atoms with Crippen molar-refractivity contribution in [3.05, 3.63) is 66.1 Å². The van der Waals surface area contributed by atoms with Crippen LogP contribution >= 0.6 is 0 Å². The largest absolute Gasteiger partial charge is 0.493 e. The van der Waals surface area contributed by atoms with Crippen LogP contribution in [0.25, 0.3) is 10.9 Å². The van der Waals surface area contributed by atoms with Crippen molar-refractivity contribution < 1.29 is 18.3 Å². The molecule has 0 aliphatic carbocycles. The average molecular weight is 650 g/mol. The third kappa shape index (κ3) is 10.2. The van der Waals surface area contributed by atoms with Gasteiger partial charge in [-0.05, 0) is 60.4 Å². The summed E-state index contributed by atoms with van der Waals surface area (Å²) < 4.78 is 33.5. The molecule has 0 fully saturated rings. The van der Waals surface area contributed by atoms with E-state index in [0.717, 1.165) is 48.8 Å². The first-order chi connectivity index (χ1) is 22.2. The molecule has 2 aromatic heterocycles. The van der Waals surface area contributed by atoms with Gasteiger partial charge in [-0.1, -0.05) is 61.0 Å². The third-order valence-electron chi connectivity index (χ3n) is 8.31. The summed E-state index contributed by atoms with van der Waals surface area (Å²) in [6.45, 7) is 20.1. The summed E-state index contributed by atoms with van der Waals surface area (Å²) in [7, 11) is 0. The molecule has 0 saturated carbocycles. The zero-order chi connectivity index (χ0) is 34.2. The van der Waals surface area contributed by atoms with Crippen LogP contribution in [0.4, 0.5) is 26.1 Å². The highest BCUT2D eigenvalue weighted by molar-refractivity contribution is 5.93. The van der Waals surface area contributed by atoms with E-state index in [4.69, 9.17) is 4.74 Å². The van der Waals surface area contributed by atoms with Gasteiger partial charge in [0.05, 0.1) is 24.2 Å². The topological polar surface area (TPSA) is 108 Å². The molecule has 0 radical (unpaired) electrons. The zero-order valence-corrected chi connectivity index (χ0v) is 28.7. The molecule has 2 heterocycles. The number of carbonyl (C=O) groups is 1. The molecule has 0 unspecified atom stereocenters. The summed E-state index contributed by atoms with van der Waals surface area (Å²) in [6, 6.07) is 11.0. The Kier molecular flexibility index (Phi) is 11.9. The van der Waals surface area contributed by atoms with Crippen molar-refractivity contribution in [3.8, 4) is 5.75 Å². The molecular formula is C36H49F2N7O2. The lowest BCUT2D eigenvalue weighted by molar-refractivity contribution is -0.115. The van der Waals surface area contributed by atoms with E-state index in [2.05, 4.69) is 84.2 Å². The number of aromatic amines is 1. The van der Waals surface area contributed by atoms with Crippen molar-refractivity contribution in [1.29, 1.82) is 0 Å². The van der Waals surface area contributed by atoms with Crippen molar-refractivity contribution in [1.82, 2.24) is 25.1 Å². The van der Waals surface area contributed by atoms with E-state index in [1.807, 2.05) is 18.2 Å². The van der Waals surface area contributed by atoms with Crippen LogP contribution in [0.2, 0.25) is 0 Å². The van der Waals surface area contributed by atoms with E-state index in [9.17, 15) is 13.6 Å². The van der Waals surface area contributed by atoms with Crippen LogP contribution in [0.5, 0.6) is 5.75 Å². The number of aromatic nitrogens is 4. The predicted octanol–water partition coefficient (Wildman–Crippen LogP) is 8.14. The average Bonchev–Trinajstić information content (AvgIpc) is 3.43. The van der Waals surface area contributed by atoms with Crippen molar-refractivity contribution in [3.63, 3.8) is 0 Å². The number of anilines is 3. The van der Waals surface area contributed by atoms with E-state index in [1.165, 1.54) is 31.3 Å². The highest BCUT2D eigenvalue weighted by atomic mass is 19.2. The van der Waals surface area contributed by atoms with Gasteiger partial charge in [0.15, 0.2) is 17.5 Å². The van der Waals surface area contributed by atoms with Crippen molar-refractivity contribution >= 4 is 34.1 Å². The molecule has 3 N–H and O–H groups in total. The number of hydrogen-bond acceptors (Lipinski definition) is 7. The highest BCUT2D eigenvalue weighted by Crippen LogP contribution is 2.40. The Labute approximate surface area is 276 Å². The van der Waals surface area contributed by atoms with Gasteiger partial charge in [0.1, 0.15) is 17.9 Å². The Balaban J connectivity index is 1.33. The molecule has 2 aromatic carbocycles. The Hall–Kier alpha value is -4.12. The molecule has 0 aliphatic heterocycles. The first kappa shape index (κ1) is 35.7. The van der Waals surface area contributed by atoms with Gasteiger partial charge in [-0.2, -0.15) is 5.10 Å². The van der Waals surface area contributed by atoms with E-state index in [-0.39, 0.29) is 22.9 Å². The first-order valence-corrected chi connectivity index (χ1v) is 16.4. The fraction of sp³-hybridized carbons (Fsp3) is 0.500. The quantitative estimate of drug-likeness (QED) is 0.112. The number of benzene rings is 2. The summed E-state index contributed by atoms with van der Waals surface area (Å²) in [5.74, 6) is -0.350. The number of H-pyrrole nitrogens is 1. The van der Waals surface area contributed by atoms with Gasteiger partial charge in [0.25, 0.3) is 0 Å². The number of fused-ring (bicyclic) bond motifs is 1. The number of ether oxygens (including phenoxy) is 1. The lowest BCUT2D eigenvalue weighted by atomic mass is 9.66. The molecule has 0 saturated heterocycles. The number of nitrogens with zero attached hydrogens (tertiary/aromatic N) is 4. The molecule has 4 rings (SSSR count). The standard InChI is InChI=1S/C36H49F2N7O2/c1-8-9-16-45(22-30(35(2,3)4)36(5,6)7)17-11-18-47-25-14-15-26-29(21-25)39-23-40-34(26)42-31-19-24(43-44-31)20-32(46)41-28-13-10-12-27(37)33(28)38/h10,12-15,19,21,23,30H,8-9,11,16-18,20,22H2,1-7H3,(H,41,46)(H2,39,40,42,43,44). The van der Waals surface area contributed by atoms with Gasteiger partial charge in [-0.25, -0.2) is 18.7 Å². The SMILES string of the molecule is CCCCN(CCCOc1ccc2c(Nc3cc(CC(=O)Nc4cccc(F)c4F)[nH]n3)ncnc2c1)CC(C(C)(C)C)C(C)(C)C. The lowest BCUT2D eigenvalue weighted by Crippen LogP contribution is -2.43. The molecular weight excluding hydrogens is 600 g/mol. The number of hydrogen-bond donors (Lipinski definition) is 3. The van der Waals surface area contributed by atoms with Gasteiger partial charge in [0.2, 0.25) is 5.91 Å². The van der Waals surface area contributed by atoms with E-state index in [1.54, 1.807) is 6.07 Å². The molecule has 4 aromatic rings. The van der Waals surface area contributed by atoms with Crippen molar-refractivity contribution in [2.24, 2.45) is 16.7 Å². The summed E-state index contributed by atoms with van der Waals surface area (Å²) >= 11 is 0. The second-order valence-corrected chi connectivity index (χ2v) is 14.3. The molecule has 11 heteroatoms. The number of carbonyl (C=O) groups excluding carboxylic acids is 1. The summed E-state index contributed by atoms with van der Waals surface area (Å²) in [6.07, 6.45) is 4.65. The maximum atomic E-state index is 13.9. The number of halogens is 2. The number of amides is 1. The molecule has 0 atom stereocenters. The molecule has 0 spiro atoms. The molecule has 47 heavy (non-hydrogen) atoms. The highest BCUT2D eigenvalue weighted by Gasteiger charge is 2.35. The van der Waals surface area contributed by atoms with Gasteiger partial charge in [-0.15, -0.1) is 0 Å². The number of unbranched alkanes of at least 4 members (excludes halogenated alkanes) is 1. The molecule has 9 nitrogen and oxygen atoms in total. The van der Waals surface area contributed by atoms with Gasteiger partial charge in [-0.3, -0.25) is 9.89 Å². The van der Waals surface area contributed by atoms with Crippen LogP contribution in [0.15, 0.2) is 48.8 Å². The predicted molar refractivity (Wildman–Crippen MR) is 184 cm³/mol. The minimum atomic E-state index is -1.10. The minimum absolute atomic E-state index is 0.111. The zero-order valence-electron chi connectivity index (χ0n) is 28.7. The second kappa shape index (κ2) is 15.6. The van der Waals surface area contributed by atoms with Crippen LogP contribution < -0.4 is 15.4 Å². The fourth-order valence-corrected chi connectivity index (χ4v) is 6.09. The summed E-state index contributed by atoms with van der Waals surface area (Å²) in [4.78, 5) is 23.8. The summed E-state index contributed by atoms with van der Waals surface area (Å²) in [5, 5.41) is 13.3. The number of nitrogens with one attached hydrogen (secondary N) is 3. The molecule has 1 amide bonds. The Bertz CT molecular complexity index is 1610. The Morgan fingerprint density at radius 3 is 2.47 bits per heavy atom. The molecule has 254 valence electrons. The van der Waals surface area contributed by atoms with Crippen LogP contribution in [0.3, 0.4) is 0 Å². The monoisotopic (exact) mass is 649 g/mol. The number of rotatable bonds is 15. The molecule has 0 bridgehead atoms. The van der Waals surface area contributed by atoms with E-state index in [0.29, 0.717) is 29.9 Å². The van der Waals surface area contributed by atoms with Gasteiger partial charge in [0, 0.05) is 36.3 Å². The third-order valence-corrected chi connectivity index (χ3v) is 8.31. The van der Waals surface area contributed by atoms with Crippen LogP contribution in [0.1, 0.15) is 73.4 Å². The Morgan fingerprint density at radius 2 is 1.74 bits per heavy atom. The normalized spacial score (nSPS) is 12.2. The Morgan fingerprint density at radius 1 is 1.00 bits per heavy atom. The smallest absolute Gasteiger partial charge is 0.230 e. The first-order valence-electron chi connectivity index (χ1n) is 16.4. The summed E-state index contributed by atoms with van der Waals surface area (Å²) in [5.41, 5.74) is 1.43. The maximum absolute atomic E-state index is 13.9. The van der Waals surface area contributed by atoms with Crippen molar-refractivity contribution in [2.45, 2.75) is 74.1 Å². The minimum Gasteiger partial charge on any atom is -0.493 e. The maximum Gasteiger partial charge on any atom is 0.230 e. The van der Waals surface area contributed by atoms with Crippen LogP contribution in [-0.4, -0.2) is 57.2 Å². The van der Waals surface area contributed by atoms with E-state index < -0.39 is 17.5 Å². The fourth-order valence-electron chi connectivity index (χ4n) is 6.09. The van der Waals surface area contributed by atoms with E-state index >= 15 is 0 Å². The van der Waals surface area contributed by atoms with Crippen molar-refractivity contribution in [2.75, 3.05) is 36.9 Å².